The van der Waals surface area contributed by atoms with Gasteiger partial charge < -0.3 is 10.6 Å². The monoisotopic (exact) mass is 372 g/mol. The molecule has 144 valence electrons. The predicted molar refractivity (Wildman–Crippen MR) is 102 cm³/mol. The van der Waals surface area contributed by atoms with Gasteiger partial charge in [-0.05, 0) is 46.1 Å². The first-order chi connectivity index (χ1) is 11.7. The van der Waals surface area contributed by atoms with Crippen LogP contribution in [0.5, 0.6) is 0 Å². The average Bonchev–Trinajstić information content (AvgIpc) is 2.79. The van der Waals surface area contributed by atoms with Gasteiger partial charge in [0, 0.05) is 38.9 Å². The molecule has 0 radical (unpaired) electrons. The number of nitrogens with zero attached hydrogens (tertiary/aromatic N) is 3. The Morgan fingerprint density at radius 3 is 2.52 bits per heavy atom. The van der Waals surface area contributed by atoms with Crippen LogP contribution in [0.3, 0.4) is 0 Å². The Kier molecular flexibility index (Phi) is 8.37. The van der Waals surface area contributed by atoms with Crippen molar-refractivity contribution < 1.29 is 8.42 Å². The number of aromatic nitrogens is 2. The fourth-order valence-electron chi connectivity index (χ4n) is 2.52. The number of guanidine groups is 1. The molecule has 1 rings (SSSR count). The van der Waals surface area contributed by atoms with E-state index >= 15 is 0 Å². The first kappa shape index (κ1) is 21.4. The Labute approximate surface area is 151 Å². The van der Waals surface area contributed by atoms with E-state index in [1.807, 2.05) is 18.7 Å². The lowest BCUT2D eigenvalue weighted by Gasteiger charge is -2.18. The molecule has 1 aromatic rings. The van der Waals surface area contributed by atoms with Crippen molar-refractivity contribution in [3.63, 3.8) is 0 Å². The van der Waals surface area contributed by atoms with E-state index in [4.69, 9.17) is 0 Å². The highest BCUT2D eigenvalue weighted by Gasteiger charge is 2.14. The van der Waals surface area contributed by atoms with E-state index in [2.05, 4.69) is 39.3 Å². The number of hydrogen-bond acceptors (Lipinski definition) is 4. The number of nitrogens with one attached hydrogen (secondary N) is 3. The van der Waals surface area contributed by atoms with E-state index in [-0.39, 0.29) is 11.8 Å². The summed E-state index contributed by atoms with van der Waals surface area (Å²) in [7, 11) is 0.563. The Bertz CT molecular complexity index is 681. The standard InChI is InChI=1S/C16H32N6O2S/c1-7-25(23,24)19-10-8-9-18-16(17-5)20-12(2)11-15-13(3)21-22(6)14(15)4/h12,19H,7-11H2,1-6H3,(H2,17,18,20). The first-order valence-corrected chi connectivity index (χ1v) is 10.3. The van der Waals surface area contributed by atoms with Gasteiger partial charge in [0.05, 0.1) is 11.4 Å². The van der Waals surface area contributed by atoms with Gasteiger partial charge in [-0.3, -0.25) is 9.67 Å². The number of sulfonamides is 1. The normalized spacial score (nSPS) is 13.8. The lowest BCUT2D eigenvalue weighted by molar-refractivity contribution is 0.579. The summed E-state index contributed by atoms with van der Waals surface area (Å²) >= 11 is 0. The molecule has 0 aliphatic carbocycles. The van der Waals surface area contributed by atoms with Crippen molar-refractivity contribution in [3.8, 4) is 0 Å². The number of hydrogen-bond donors (Lipinski definition) is 3. The van der Waals surface area contributed by atoms with Crippen LogP contribution in [0.1, 0.15) is 37.2 Å². The van der Waals surface area contributed by atoms with E-state index in [1.54, 1.807) is 14.0 Å². The zero-order chi connectivity index (χ0) is 19.0. The van der Waals surface area contributed by atoms with Crippen molar-refractivity contribution >= 4 is 16.0 Å². The molecule has 0 aromatic carbocycles. The maximum Gasteiger partial charge on any atom is 0.211 e. The first-order valence-electron chi connectivity index (χ1n) is 8.63. The van der Waals surface area contributed by atoms with Gasteiger partial charge in [-0.1, -0.05) is 0 Å². The van der Waals surface area contributed by atoms with E-state index in [0.717, 1.165) is 12.1 Å². The van der Waals surface area contributed by atoms with E-state index in [1.165, 1.54) is 11.3 Å². The quantitative estimate of drug-likeness (QED) is 0.332. The van der Waals surface area contributed by atoms with E-state index < -0.39 is 10.0 Å². The van der Waals surface area contributed by atoms with Crippen LogP contribution in [-0.2, 0) is 23.5 Å². The van der Waals surface area contributed by atoms with Crippen LogP contribution in [-0.4, -0.2) is 56.1 Å². The third-order valence-corrected chi connectivity index (χ3v) is 5.53. The van der Waals surface area contributed by atoms with Gasteiger partial charge >= 0.3 is 0 Å². The van der Waals surface area contributed by atoms with Crippen molar-refractivity contribution in [2.24, 2.45) is 12.0 Å². The second-order valence-electron chi connectivity index (χ2n) is 6.17. The van der Waals surface area contributed by atoms with Crippen molar-refractivity contribution in [1.29, 1.82) is 0 Å². The summed E-state index contributed by atoms with van der Waals surface area (Å²) in [6.45, 7) is 8.90. The molecule has 0 saturated heterocycles. The number of aryl methyl sites for hydroxylation is 2. The third-order valence-electron chi connectivity index (χ3n) is 4.12. The van der Waals surface area contributed by atoms with Gasteiger partial charge in [0.2, 0.25) is 10.0 Å². The molecular weight excluding hydrogens is 340 g/mol. The Hall–Kier alpha value is -1.61. The predicted octanol–water partition coefficient (Wildman–Crippen LogP) is 0.462. The third kappa shape index (κ3) is 7.03. The van der Waals surface area contributed by atoms with Gasteiger partial charge in [0.1, 0.15) is 0 Å². The molecule has 0 saturated carbocycles. The summed E-state index contributed by atoms with van der Waals surface area (Å²) in [5, 5.41) is 11.0. The van der Waals surface area contributed by atoms with E-state index in [9.17, 15) is 8.42 Å². The molecule has 0 spiro atoms. The molecule has 0 bridgehead atoms. The van der Waals surface area contributed by atoms with Crippen LogP contribution >= 0.6 is 0 Å². The largest absolute Gasteiger partial charge is 0.356 e. The Morgan fingerprint density at radius 1 is 1.32 bits per heavy atom. The van der Waals surface area contributed by atoms with Crippen LogP contribution in [0.15, 0.2) is 4.99 Å². The van der Waals surface area contributed by atoms with Gasteiger partial charge in [0.15, 0.2) is 5.96 Å². The molecule has 0 aliphatic rings. The molecular formula is C16H32N6O2S. The minimum absolute atomic E-state index is 0.105. The second kappa shape index (κ2) is 9.76. The molecule has 3 N–H and O–H groups in total. The highest BCUT2D eigenvalue weighted by molar-refractivity contribution is 7.89. The Morgan fingerprint density at radius 2 is 2.00 bits per heavy atom. The summed E-state index contributed by atoms with van der Waals surface area (Å²) < 4.78 is 27.2. The smallest absolute Gasteiger partial charge is 0.211 e. The fourth-order valence-corrected chi connectivity index (χ4v) is 3.18. The summed E-state index contributed by atoms with van der Waals surface area (Å²) in [4.78, 5) is 4.22. The molecule has 9 heteroatoms. The second-order valence-corrected chi connectivity index (χ2v) is 8.27. The molecule has 0 aliphatic heterocycles. The molecule has 1 unspecified atom stereocenters. The number of rotatable bonds is 9. The maximum atomic E-state index is 11.4. The zero-order valence-corrected chi connectivity index (χ0v) is 17.0. The van der Waals surface area contributed by atoms with E-state index in [0.29, 0.717) is 25.5 Å². The maximum absolute atomic E-state index is 11.4. The number of aliphatic imine (C=N–C) groups is 1. The van der Waals surface area contributed by atoms with Crippen LogP contribution in [0, 0.1) is 13.8 Å². The van der Waals surface area contributed by atoms with Crippen molar-refractivity contribution in [2.75, 3.05) is 25.9 Å². The summed E-state index contributed by atoms with van der Waals surface area (Å²) in [5.41, 5.74) is 3.49. The van der Waals surface area contributed by atoms with Crippen molar-refractivity contribution in [1.82, 2.24) is 25.1 Å². The van der Waals surface area contributed by atoms with Crippen LogP contribution in [0.25, 0.3) is 0 Å². The summed E-state index contributed by atoms with van der Waals surface area (Å²) in [5.74, 6) is 0.819. The minimum atomic E-state index is -3.12. The molecule has 8 nitrogen and oxygen atoms in total. The molecule has 25 heavy (non-hydrogen) atoms. The average molecular weight is 373 g/mol. The van der Waals surface area contributed by atoms with Crippen molar-refractivity contribution in [3.05, 3.63) is 17.0 Å². The Balaban J connectivity index is 2.40. The van der Waals surface area contributed by atoms with Crippen LogP contribution in [0.4, 0.5) is 0 Å². The molecule has 0 amide bonds. The summed E-state index contributed by atoms with van der Waals surface area (Å²) in [6, 6.07) is 0.200. The molecule has 1 aromatic heterocycles. The lowest BCUT2D eigenvalue weighted by atomic mass is 10.1. The minimum Gasteiger partial charge on any atom is -0.356 e. The van der Waals surface area contributed by atoms with Gasteiger partial charge in [-0.25, -0.2) is 13.1 Å². The topological polar surface area (TPSA) is 100 Å². The zero-order valence-electron chi connectivity index (χ0n) is 16.2. The molecule has 1 atom stereocenters. The molecule has 1 heterocycles. The fraction of sp³-hybridized carbons (Fsp3) is 0.750. The van der Waals surface area contributed by atoms with Gasteiger partial charge in [-0.15, -0.1) is 0 Å². The highest BCUT2D eigenvalue weighted by Crippen LogP contribution is 2.14. The lowest BCUT2D eigenvalue weighted by Crippen LogP contribution is -2.44. The highest BCUT2D eigenvalue weighted by atomic mass is 32.2. The van der Waals surface area contributed by atoms with Crippen LogP contribution < -0.4 is 15.4 Å². The summed E-state index contributed by atoms with van der Waals surface area (Å²) in [6.07, 6.45) is 1.55. The molecule has 0 fully saturated rings. The SMILES string of the molecule is CCS(=O)(=O)NCCCNC(=NC)NC(C)Cc1c(C)nn(C)c1C. The van der Waals surface area contributed by atoms with Crippen LogP contribution in [0.2, 0.25) is 0 Å². The van der Waals surface area contributed by atoms with Crippen molar-refractivity contribution in [2.45, 2.75) is 46.6 Å². The van der Waals surface area contributed by atoms with Gasteiger partial charge in [0.25, 0.3) is 0 Å². The van der Waals surface area contributed by atoms with Gasteiger partial charge in [-0.2, -0.15) is 5.10 Å².